The van der Waals surface area contributed by atoms with Crippen LogP contribution in [0.4, 0.5) is 0 Å². The number of benzene rings is 1. The van der Waals surface area contributed by atoms with Crippen LogP contribution in [0.1, 0.15) is 24.8 Å². The lowest BCUT2D eigenvalue weighted by atomic mass is 10.2. The minimum absolute atomic E-state index is 0.0229. The van der Waals surface area contributed by atoms with Crippen molar-refractivity contribution in [3.8, 4) is 0 Å². The zero-order valence-corrected chi connectivity index (χ0v) is 14.3. The summed E-state index contributed by atoms with van der Waals surface area (Å²) in [5, 5.41) is 2.75. The van der Waals surface area contributed by atoms with Crippen LogP contribution >= 0.6 is 12.2 Å². The first-order valence-electron chi connectivity index (χ1n) is 7.40. The molecule has 2 amide bonds. The molecule has 1 aromatic rings. The Labute approximate surface area is 146 Å². The van der Waals surface area contributed by atoms with Crippen molar-refractivity contribution in [2.45, 2.75) is 25.8 Å². The lowest BCUT2D eigenvalue weighted by Gasteiger charge is -2.25. The van der Waals surface area contributed by atoms with E-state index < -0.39 is 11.9 Å². The Balaban J connectivity index is 2.63. The molecule has 0 radical (unpaired) electrons. The van der Waals surface area contributed by atoms with Crippen LogP contribution in [-0.2, 0) is 25.7 Å². The number of carbonyl (C=O) groups excluding carboxylic acids is 3. The zero-order valence-electron chi connectivity index (χ0n) is 13.5. The fourth-order valence-corrected chi connectivity index (χ4v) is 2.15. The van der Waals surface area contributed by atoms with Crippen LogP contribution < -0.4 is 11.1 Å². The molecule has 7 nitrogen and oxygen atoms in total. The molecule has 0 heterocycles. The first kappa shape index (κ1) is 19.6. The van der Waals surface area contributed by atoms with Gasteiger partial charge in [0.1, 0.15) is 0 Å². The quantitative estimate of drug-likeness (QED) is 0.528. The third-order valence-corrected chi connectivity index (χ3v) is 3.52. The molecule has 0 bridgehead atoms. The lowest BCUT2D eigenvalue weighted by molar-refractivity contribution is -0.142. The molecule has 8 heteroatoms. The van der Waals surface area contributed by atoms with Crippen molar-refractivity contribution >= 4 is 35.1 Å². The maximum absolute atomic E-state index is 11.8. The van der Waals surface area contributed by atoms with E-state index in [4.69, 9.17) is 18.0 Å². The third-order valence-electron chi connectivity index (χ3n) is 3.16. The summed E-state index contributed by atoms with van der Waals surface area (Å²) in [4.78, 5) is 35.6. The van der Waals surface area contributed by atoms with Crippen LogP contribution in [0.25, 0.3) is 0 Å². The predicted molar refractivity (Wildman–Crippen MR) is 92.7 cm³/mol. The molecular weight excluding hydrogens is 330 g/mol. The van der Waals surface area contributed by atoms with E-state index in [-0.39, 0.29) is 30.3 Å². The van der Waals surface area contributed by atoms with Gasteiger partial charge in [-0.2, -0.15) is 0 Å². The Morgan fingerprint density at radius 1 is 1.17 bits per heavy atom. The normalized spacial score (nSPS) is 9.88. The fraction of sp³-hybridized carbons (Fsp3) is 0.375. The second-order valence-electron chi connectivity index (χ2n) is 5.05. The topological polar surface area (TPSA) is 102 Å². The summed E-state index contributed by atoms with van der Waals surface area (Å²) in [6, 6.07) is 9.50. The number of hydrogen-bond donors (Lipinski definition) is 2. The average molecular weight is 351 g/mol. The maximum Gasteiger partial charge on any atom is 0.306 e. The minimum Gasteiger partial charge on any atom is -0.469 e. The van der Waals surface area contributed by atoms with Gasteiger partial charge in [0.05, 0.1) is 13.5 Å². The summed E-state index contributed by atoms with van der Waals surface area (Å²) in [5.74, 6) is -1.30. The zero-order chi connectivity index (χ0) is 17.9. The Morgan fingerprint density at radius 3 is 2.42 bits per heavy atom. The number of nitrogens with one attached hydrogen (secondary N) is 1. The van der Waals surface area contributed by atoms with Gasteiger partial charge in [-0.15, -0.1) is 0 Å². The summed E-state index contributed by atoms with van der Waals surface area (Å²) < 4.78 is 4.48. The molecule has 1 rings (SSSR count). The number of nitrogens with two attached hydrogens (primary N) is 1. The van der Waals surface area contributed by atoms with Crippen molar-refractivity contribution < 1.29 is 19.1 Å². The second-order valence-corrected chi connectivity index (χ2v) is 5.44. The molecule has 24 heavy (non-hydrogen) atoms. The maximum atomic E-state index is 11.8. The molecule has 0 aliphatic heterocycles. The number of amides is 2. The van der Waals surface area contributed by atoms with Gasteiger partial charge in [0.2, 0.25) is 11.8 Å². The lowest BCUT2D eigenvalue weighted by Crippen LogP contribution is -2.43. The van der Waals surface area contributed by atoms with Crippen LogP contribution in [0.2, 0.25) is 0 Å². The van der Waals surface area contributed by atoms with E-state index in [1.54, 1.807) is 4.90 Å². The van der Waals surface area contributed by atoms with Crippen molar-refractivity contribution in [3.63, 3.8) is 0 Å². The summed E-state index contributed by atoms with van der Waals surface area (Å²) in [5.41, 5.74) is 6.16. The average Bonchev–Trinajstić information content (AvgIpc) is 2.57. The second kappa shape index (κ2) is 10.3. The van der Waals surface area contributed by atoms with E-state index in [0.29, 0.717) is 13.1 Å². The van der Waals surface area contributed by atoms with Crippen LogP contribution in [0.5, 0.6) is 0 Å². The van der Waals surface area contributed by atoms with Gasteiger partial charge in [-0.25, -0.2) is 0 Å². The van der Waals surface area contributed by atoms with Crippen LogP contribution in [0.3, 0.4) is 0 Å². The molecule has 0 aromatic heterocycles. The number of nitrogens with zero attached hydrogens (tertiary/aromatic N) is 1. The smallest absolute Gasteiger partial charge is 0.306 e. The van der Waals surface area contributed by atoms with Crippen LogP contribution in [0.15, 0.2) is 30.3 Å². The molecular formula is C16H21N3O4S. The number of esters is 1. The summed E-state index contributed by atoms with van der Waals surface area (Å²) >= 11 is 5.24. The molecule has 3 N–H and O–H groups in total. The van der Waals surface area contributed by atoms with Crippen molar-refractivity contribution in [2.75, 3.05) is 13.7 Å². The molecule has 0 spiro atoms. The number of primary amides is 1. The Morgan fingerprint density at radius 2 is 1.83 bits per heavy atom. The monoisotopic (exact) mass is 351 g/mol. The van der Waals surface area contributed by atoms with E-state index >= 15 is 0 Å². The molecule has 0 saturated heterocycles. The van der Waals surface area contributed by atoms with Gasteiger partial charge in [-0.05, 0) is 17.8 Å². The van der Waals surface area contributed by atoms with Crippen LogP contribution in [-0.4, -0.2) is 41.5 Å². The molecule has 0 aliphatic rings. The van der Waals surface area contributed by atoms with Crippen molar-refractivity contribution in [1.29, 1.82) is 0 Å². The molecule has 1 aromatic carbocycles. The van der Waals surface area contributed by atoms with Crippen LogP contribution in [0, 0.1) is 0 Å². The number of methoxy groups -OCH3 is 1. The Bertz CT molecular complexity index is 592. The first-order chi connectivity index (χ1) is 11.4. The van der Waals surface area contributed by atoms with Gasteiger partial charge in [-0.1, -0.05) is 30.3 Å². The van der Waals surface area contributed by atoms with Gasteiger partial charge in [0.15, 0.2) is 5.11 Å². The largest absolute Gasteiger partial charge is 0.469 e. The Hall–Kier alpha value is -2.48. The summed E-state index contributed by atoms with van der Waals surface area (Å²) in [6.45, 7) is 0.727. The molecule has 0 unspecified atom stereocenters. The summed E-state index contributed by atoms with van der Waals surface area (Å²) in [7, 11) is 1.26. The number of ether oxygens (including phenoxy) is 1. The van der Waals surface area contributed by atoms with Crippen molar-refractivity contribution in [3.05, 3.63) is 35.9 Å². The highest BCUT2D eigenvalue weighted by atomic mass is 32.1. The van der Waals surface area contributed by atoms with Crippen molar-refractivity contribution in [1.82, 2.24) is 10.2 Å². The highest BCUT2D eigenvalue weighted by Crippen LogP contribution is 2.06. The SMILES string of the molecule is COC(=O)CCC(=O)NC(=S)N(CCC(N)=O)Cc1ccccc1. The van der Waals surface area contributed by atoms with Gasteiger partial charge in [-0.3, -0.25) is 14.4 Å². The Kier molecular flexibility index (Phi) is 8.42. The van der Waals surface area contributed by atoms with Crippen molar-refractivity contribution in [2.24, 2.45) is 5.73 Å². The highest BCUT2D eigenvalue weighted by Gasteiger charge is 2.15. The number of carbonyl (C=O) groups is 3. The first-order valence-corrected chi connectivity index (χ1v) is 7.81. The van der Waals surface area contributed by atoms with Gasteiger partial charge in [0.25, 0.3) is 0 Å². The van der Waals surface area contributed by atoms with Gasteiger partial charge < -0.3 is 20.7 Å². The van der Waals surface area contributed by atoms with E-state index in [0.717, 1.165) is 5.56 Å². The number of hydrogen-bond acceptors (Lipinski definition) is 5. The number of rotatable bonds is 8. The van der Waals surface area contributed by atoms with E-state index in [2.05, 4.69) is 10.1 Å². The molecule has 0 saturated carbocycles. The predicted octanol–water partition coefficient (Wildman–Crippen LogP) is 0.718. The molecule has 0 fully saturated rings. The van der Waals surface area contributed by atoms with E-state index in [1.165, 1.54) is 7.11 Å². The van der Waals surface area contributed by atoms with E-state index in [9.17, 15) is 14.4 Å². The van der Waals surface area contributed by atoms with Gasteiger partial charge in [0, 0.05) is 25.9 Å². The van der Waals surface area contributed by atoms with Gasteiger partial charge >= 0.3 is 5.97 Å². The third kappa shape index (κ3) is 7.68. The fourth-order valence-electron chi connectivity index (χ4n) is 1.88. The van der Waals surface area contributed by atoms with E-state index in [1.807, 2.05) is 30.3 Å². The molecule has 0 atom stereocenters. The highest BCUT2D eigenvalue weighted by molar-refractivity contribution is 7.80. The number of thiocarbonyl (C=S) groups is 1. The molecule has 0 aliphatic carbocycles. The minimum atomic E-state index is -0.467. The molecule has 130 valence electrons. The summed E-state index contributed by atoms with van der Waals surface area (Å²) in [6.07, 6.45) is 0.0672. The standard InChI is InChI=1S/C16H21N3O4S/c1-23-15(22)8-7-14(21)18-16(24)19(10-9-13(17)20)11-12-5-3-2-4-6-12/h2-6H,7-11H2,1H3,(H2,17,20)(H,18,21,24).